The molecule has 6 atom stereocenters. The van der Waals surface area contributed by atoms with Crippen molar-refractivity contribution in [2.45, 2.75) is 237 Å². The molecule has 1 rings (SSSR count). The van der Waals surface area contributed by atoms with E-state index in [9.17, 15) is 30.0 Å². The number of rotatable bonds is 41. The minimum atomic E-state index is -1.61. The molecule has 6 unspecified atom stereocenters. The molecule has 1 saturated heterocycles. The van der Waals surface area contributed by atoms with Crippen LogP contribution in [0, 0.1) is 0 Å². The Morgan fingerprint density at radius 2 is 0.952 bits per heavy atom. The van der Waals surface area contributed by atoms with Gasteiger partial charge in [-0.1, -0.05) is 197 Å². The zero-order valence-electron chi connectivity index (χ0n) is 39.1. The zero-order valence-corrected chi connectivity index (χ0v) is 39.1. The standard InChI is InChI=1S/C52H90O10/c1-3-5-7-9-11-13-15-17-19-21-22-23-25-26-28-30-32-34-36-38-40-47(54)59-43-45(44-60-52-51(58)50(57)49(56)46(42-53)62-52)61-48(55)41-39-37-35-33-31-29-27-24-20-18-16-14-12-10-8-6-4-2/h6,8,12,14,18,20,27,29,33,35,45-46,49-53,56-58H,3-5,7,9-11,13,15-17,19,21-26,28,30-32,34,36-44H2,1-2H3/b8-6-,14-12-,20-18-,29-27-,35-33-. The lowest BCUT2D eigenvalue weighted by molar-refractivity contribution is -0.305. The zero-order chi connectivity index (χ0) is 45.1. The maximum Gasteiger partial charge on any atom is 0.306 e. The summed E-state index contributed by atoms with van der Waals surface area (Å²) < 4.78 is 22.2. The normalized spacial score (nSPS) is 20.1. The van der Waals surface area contributed by atoms with E-state index in [2.05, 4.69) is 68.5 Å². The monoisotopic (exact) mass is 875 g/mol. The number of unbranched alkanes of at least 4 members (excludes halogenated alkanes) is 20. The Morgan fingerprint density at radius 1 is 0.516 bits per heavy atom. The molecule has 0 aliphatic carbocycles. The van der Waals surface area contributed by atoms with Crippen LogP contribution in [0.2, 0.25) is 0 Å². The second kappa shape index (κ2) is 42.4. The molecule has 0 amide bonds. The number of esters is 2. The van der Waals surface area contributed by atoms with E-state index in [4.69, 9.17) is 18.9 Å². The number of aliphatic hydroxyl groups excluding tert-OH is 4. The Balaban J connectivity index is 2.30. The van der Waals surface area contributed by atoms with Crippen molar-refractivity contribution in [2.24, 2.45) is 0 Å². The van der Waals surface area contributed by atoms with Crippen LogP contribution in [-0.4, -0.2) is 89.0 Å². The van der Waals surface area contributed by atoms with Crippen molar-refractivity contribution < 1.29 is 49.0 Å². The van der Waals surface area contributed by atoms with Gasteiger partial charge in [0.1, 0.15) is 31.0 Å². The molecule has 0 bridgehead atoms. The summed E-state index contributed by atoms with van der Waals surface area (Å²) >= 11 is 0. The first-order chi connectivity index (χ1) is 30.3. The largest absolute Gasteiger partial charge is 0.462 e. The summed E-state index contributed by atoms with van der Waals surface area (Å²) in [5, 5.41) is 40.2. The summed E-state index contributed by atoms with van der Waals surface area (Å²) in [5.74, 6) is -0.871. The smallest absolute Gasteiger partial charge is 0.306 e. The number of carbonyl (C=O) groups excluding carboxylic acids is 2. The molecule has 10 heteroatoms. The van der Waals surface area contributed by atoms with Crippen molar-refractivity contribution in [1.82, 2.24) is 0 Å². The predicted molar refractivity (Wildman–Crippen MR) is 251 cm³/mol. The van der Waals surface area contributed by atoms with Gasteiger partial charge in [-0.15, -0.1) is 0 Å². The van der Waals surface area contributed by atoms with Crippen molar-refractivity contribution >= 4 is 11.9 Å². The Kier molecular flexibility index (Phi) is 39.2. The first kappa shape index (κ1) is 57.4. The van der Waals surface area contributed by atoms with Gasteiger partial charge in [0.2, 0.25) is 0 Å². The van der Waals surface area contributed by atoms with E-state index in [1.807, 2.05) is 6.08 Å². The lowest BCUT2D eigenvalue weighted by Crippen LogP contribution is -2.59. The van der Waals surface area contributed by atoms with Crippen LogP contribution in [0.3, 0.4) is 0 Å². The highest BCUT2D eigenvalue weighted by atomic mass is 16.7. The van der Waals surface area contributed by atoms with Gasteiger partial charge in [-0.25, -0.2) is 0 Å². The molecule has 0 aromatic rings. The topological polar surface area (TPSA) is 152 Å². The van der Waals surface area contributed by atoms with Crippen LogP contribution in [-0.2, 0) is 28.5 Å². The fourth-order valence-electron chi connectivity index (χ4n) is 7.28. The van der Waals surface area contributed by atoms with Gasteiger partial charge in [0, 0.05) is 12.8 Å². The van der Waals surface area contributed by atoms with Gasteiger partial charge in [0.15, 0.2) is 12.4 Å². The van der Waals surface area contributed by atoms with Crippen LogP contribution < -0.4 is 0 Å². The molecular formula is C52H90O10. The summed E-state index contributed by atoms with van der Waals surface area (Å²) in [6, 6.07) is 0. The lowest BCUT2D eigenvalue weighted by atomic mass is 9.99. The van der Waals surface area contributed by atoms with Gasteiger partial charge in [0.25, 0.3) is 0 Å². The fraction of sp³-hybridized carbons (Fsp3) is 0.769. The molecule has 10 nitrogen and oxygen atoms in total. The average Bonchev–Trinajstić information content (AvgIpc) is 3.27. The Morgan fingerprint density at radius 3 is 1.42 bits per heavy atom. The van der Waals surface area contributed by atoms with Gasteiger partial charge in [0.05, 0.1) is 13.2 Å². The van der Waals surface area contributed by atoms with E-state index in [1.54, 1.807) is 0 Å². The fourth-order valence-corrected chi connectivity index (χ4v) is 7.28. The molecule has 62 heavy (non-hydrogen) atoms. The third-order valence-electron chi connectivity index (χ3n) is 11.2. The molecule has 1 aliphatic heterocycles. The van der Waals surface area contributed by atoms with Crippen LogP contribution >= 0.6 is 0 Å². The second-order valence-electron chi connectivity index (χ2n) is 16.9. The lowest BCUT2D eigenvalue weighted by Gasteiger charge is -2.39. The molecule has 0 aromatic carbocycles. The van der Waals surface area contributed by atoms with Crippen molar-refractivity contribution in [3.05, 3.63) is 60.8 Å². The summed E-state index contributed by atoms with van der Waals surface area (Å²) in [4.78, 5) is 25.4. The summed E-state index contributed by atoms with van der Waals surface area (Å²) in [5.41, 5.74) is 0. The van der Waals surface area contributed by atoms with Gasteiger partial charge in [-0.05, 0) is 51.4 Å². The average molecular weight is 875 g/mol. The Hall–Kier alpha value is -2.60. The van der Waals surface area contributed by atoms with Crippen LogP contribution in [0.5, 0.6) is 0 Å². The number of hydrogen-bond acceptors (Lipinski definition) is 10. The van der Waals surface area contributed by atoms with Crippen molar-refractivity contribution in [3.8, 4) is 0 Å². The highest BCUT2D eigenvalue weighted by molar-refractivity contribution is 5.70. The van der Waals surface area contributed by atoms with E-state index in [0.717, 1.165) is 51.4 Å². The van der Waals surface area contributed by atoms with Crippen LogP contribution in [0.15, 0.2) is 60.8 Å². The summed E-state index contributed by atoms with van der Waals surface area (Å²) in [6.07, 6.45) is 45.2. The number of hydrogen-bond donors (Lipinski definition) is 4. The molecule has 1 aliphatic rings. The van der Waals surface area contributed by atoms with E-state index < -0.39 is 49.4 Å². The highest BCUT2D eigenvalue weighted by Gasteiger charge is 2.44. The van der Waals surface area contributed by atoms with Gasteiger partial charge >= 0.3 is 11.9 Å². The molecule has 0 spiro atoms. The minimum Gasteiger partial charge on any atom is -0.462 e. The summed E-state index contributed by atoms with van der Waals surface area (Å²) in [6.45, 7) is 3.27. The number of allylic oxidation sites excluding steroid dienone is 10. The molecule has 0 saturated carbocycles. The van der Waals surface area contributed by atoms with E-state index >= 15 is 0 Å². The Labute approximate surface area is 377 Å². The minimum absolute atomic E-state index is 0.151. The SMILES string of the molecule is CC/C=C\C/C=C\C/C=C\C/C=C\C/C=C\CCCC(=O)OC(COC(=O)CCCCCCCCCCCCCCCCCCCCCC)COC1OC(CO)C(O)C(O)C1O. The molecule has 1 heterocycles. The van der Waals surface area contributed by atoms with Crippen molar-refractivity contribution in [3.63, 3.8) is 0 Å². The van der Waals surface area contributed by atoms with E-state index in [1.165, 1.54) is 109 Å². The van der Waals surface area contributed by atoms with Crippen molar-refractivity contribution in [2.75, 3.05) is 19.8 Å². The third kappa shape index (κ3) is 33.0. The first-order valence-electron chi connectivity index (χ1n) is 24.9. The van der Waals surface area contributed by atoms with Crippen LogP contribution in [0.4, 0.5) is 0 Å². The number of carbonyl (C=O) groups is 2. The molecule has 1 fully saturated rings. The van der Waals surface area contributed by atoms with E-state index in [0.29, 0.717) is 12.8 Å². The summed E-state index contributed by atoms with van der Waals surface area (Å²) in [7, 11) is 0. The van der Waals surface area contributed by atoms with Gasteiger partial charge < -0.3 is 39.4 Å². The van der Waals surface area contributed by atoms with Crippen LogP contribution in [0.25, 0.3) is 0 Å². The number of ether oxygens (including phenoxy) is 4. The maximum atomic E-state index is 12.8. The first-order valence-corrected chi connectivity index (χ1v) is 24.9. The molecule has 358 valence electrons. The van der Waals surface area contributed by atoms with E-state index in [-0.39, 0.29) is 32.0 Å². The molecule has 0 radical (unpaired) electrons. The molecule has 4 N–H and O–H groups in total. The second-order valence-corrected chi connectivity index (χ2v) is 16.9. The van der Waals surface area contributed by atoms with Crippen LogP contribution in [0.1, 0.15) is 200 Å². The Bertz CT molecular complexity index is 1190. The maximum absolute atomic E-state index is 12.8. The highest BCUT2D eigenvalue weighted by Crippen LogP contribution is 2.23. The quantitative estimate of drug-likeness (QED) is 0.0265. The van der Waals surface area contributed by atoms with Gasteiger partial charge in [-0.2, -0.15) is 0 Å². The third-order valence-corrected chi connectivity index (χ3v) is 11.2. The molecular weight excluding hydrogens is 785 g/mol. The van der Waals surface area contributed by atoms with Gasteiger partial charge in [-0.3, -0.25) is 9.59 Å². The predicted octanol–water partition coefficient (Wildman–Crippen LogP) is 11.4. The number of aliphatic hydroxyl groups is 4. The molecule has 0 aromatic heterocycles. The van der Waals surface area contributed by atoms with Crippen molar-refractivity contribution in [1.29, 1.82) is 0 Å².